The van der Waals surface area contributed by atoms with Crippen molar-refractivity contribution in [3.05, 3.63) is 0 Å². The lowest BCUT2D eigenvalue weighted by atomic mass is 10.2. The minimum Gasteiger partial charge on any atom is -0.748 e. The van der Waals surface area contributed by atoms with E-state index < -0.39 is 10.1 Å². The summed E-state index contributed by atoms with van der Waals surface area (Å²) in [5.41, 5.74) is 0. The lowest BCUT2D eigenvalue weighted by molar-refractivity contribution is -0.116. The van der Waals surface area contributed by atoms with Crippen LogP contribution in [0, 0.1) is 0 Å². The predicted octanol–water partition coefficient (Wildman–Crippen LogP) is 2.12. The smallest absolute Gasteiger partial charge is 0.181 e. The number of ketones is 1. The maximum absolute atomic E-state index is 11.6. The molecule has 0 aromatic carbocycles. The van der Waals surface area contributed by atoms with Gasteiger partial charge in [0.05, 0.1) is 23.3 Å². The minimum atomic E-state index is -3.94. The van der Waals surface area contributed by atoms with Crippen LogP contribution >= 0.6 is 0 Å². The molecule has 0 N–H and O–H groups in total. The third-order valence-corrected chi connectivity index (χ3v) is 6.21. The second-order valence-electron chi connectivity index (χ2n) is 5.39. The molecule has 0 aromatic rings. The molecule has 1 saturated heterocycles. The van der Waals surface area contributed by atoms with Crippen LogP contribution < -0.4 is 0 Å². The zero-order valence-electron chi connectivity index (χ0n) is 13.8. The van der Waals surface area contributed by atoms with E-state index in [0.29, 0.717) is 23.1 Å². The highest BCUT2D eigenvalue weighted by Gasteiger charge is 2.24. The van der Waals surface area contributed by atoms with Gasteiger partial charge < -0.3 is 9.29 Å². The second-order valence-corrected chi connectivity index (χ2v) is 9.24. The van der Waals surface area contributed by atoms with Gasteiger partial charge >= 0.3 is 0 Å². The van der Waals surface area contributed by atoms with Crippen molar-refractivity contribution in [2.45, 2.75) is 52.4 Å². The molecule has 0 aromatic heterocycles. The third kappa shape index (κ3) is 14.8. The second kappa shape index (κ2) is 13.3. The van der Waals surface area contributed by atoms with Crippen LogP contribution in [0.1, 0.15) is 52.4 Å². The highest BCUT2D eigenvalue weighted by molar-refractivity contribution is 7.97. The zero-order chi connectivity index (χ0) is 16.8. The van der Waals surface area contributed by atoms with E-state index in [1.807, 2.05) is 6.92 Å². The molecule has 0 unspecified atom stereocenters. The Bertz CT molecular complexity index is 375. The first kappa shape index (κ1) is 21.9. The molecule has 1 aliphatic rings. The van der Waals surface area contributed by atoms with Gasteiger partial charge in [-0.2, -0.15) is 0 Å². The Morgan fingerprint density at radius 3 is 2.14 bits per heavy atom. The van der Waals surface area contributed by atoms with Crippen molar-refractivity contribution in [2.24, 2.45) is 0 Å². The van der Waals surface area contributed by atoms with E-state index in [9.17, 15) is 17.8 Å². The van der Waals surface area contributed by atoms with Crippen molar-refractivity contribution >= 4 is 26.8 Å². The zero-order valence-corrected chi connectivity index (χ0v) is 15.5. The fourth-order valence-electron chi connectivity index (χ4n) is 1.90. The summed E-state index contributed by atoms with van der Waals surface area (Å²) in [4.78, 5) is 11.6. The van der Waals surface area contributed by atoms with Crippen molar-refractivity contribution in [2.75, 3.05) is 36.2 Å². The molecule has 0 amide bonds. The summed E-state index contributed by atoms with van der Waals surface area (Å²) in [6.07, 6.45) is 5.52. The molecule has 5 nitrogen and oxygen atoms in total. The number of carbonyl (C=O) groups is 1. The van der Waals surface area contributed by atoms with Crippen LogP contribution in [0.5, 0.6) is 0 Å². The maximum atomic E-state index is 11.6. The van der Waals surface area contributed by atoms with E-state index in [4.69, 9.17) is 4.74 Å². The van der Waals surface area contributed by atoms with Gasteiger partial charge in [0.1, 0.15) is 11.5 Å². The van der Waals surface area contributed by atoms with Crippen molar-refractivity contribution in [3.8, 4) is 0 Å². The van der Waals surface area contributed by atoms with E-state index in [0.717, 1.165) is 49.7 Å². The van der Waals surface area contributed by atoms with Gasteiger partial charge in [0.15, 0.2) is 11.5 Å². The fourth-order valence-corrected chi connectivity index (χ4v) is 4.34. The van der Waals surface area contributed by atoms with Crippen LogP contribution in [0.25, 0.3) is 0 Å². The Labute approximate surface area is 138 Å². The van der Waals surface area contributed by atoms with Crippen LogP contribution in [0.15, 0.2) is 0 Å². The molecule has 0 spiro atoms. The van der Waals surface area contributed by atoms with Gasteiger partial charge in [-0.05, 0) is 23.7 Å². The van der Waals surface area contributed by atoms with Crippen LogP contribution in [0.4, 0.5) is 0 Å². The van der Waals surface area contributed by atoms with Crippen molar-refractivity contribution in [1.82, 2.24) is 0 Å². The summed E-state index contributed by atoms with van der Waals surface area (Å²) in [5, 5.41) is 0. The standard InChI is InChI=1S/C11H21O2S.C4H10O3S/c1-2-3-4-5-11(12)10-14-8-6-13-7-9-14;1-2-3-4-8(5,6)7/h2-10H2,1H3;2-4H2,1H3,(H,5,6,7)/q+1;/p-1. The average Bonchev–Trinajstić information content (AvgIpc) is 2.46. The van der Waals surface area contributed by atoms with Crippen molar-refractivity contribution < 1.29 is 22.5 Å². The number of hydrogen-bond acceptors (Lipinski definition) is 5. The minimum absolute atomic E-state index is 0.219. The number of Topliss-reactive ketones (excluding diaryl/α,β-unsaturated/α-hetero) is 1. The number of hydrogen-bond donors (Lipinski definition) is 0. The van der Waals surface area contributed by atoms with Crippen LogP contribution in [-0.2, 0) is 30.5 Å². The first-order valence-electron chi connectivity index (χ1n) is 8.06. The summed E-state index contributed by atoms with van der Waals surface area (Å²) in [5.74, 6) is 3.30. The Morgan fingerprint density at radius 2 is 1.68 bits per heavy atom. The molecule has 22 heavy (non-hydrogen) atoms. The fraction of sp³-hybridized carbons (Fsp3) is 0.933. The molecule has 1 rings (SSSR count). The highest BCUT2D eigenvalue weighted by Crippen LogP contribution is 2.07. The van der Waals surface area contributed by atoms with Crippen LogP contribution in [0.3, 0.4) is 0 Å². The Kier molecular flexibility index (Phi) is 13.3. The Hall–Kier alpha value is -0.110. The molecule has 0 saturated carbocycles. The third-order valence-electron chi connectivity index (χ3n) is 3.20. The Morgan fingerprint density at radius 1 is 1.09 bits per heavy atom. The summed E-state index contributed by atoms with van der Waals surface area (Å²) >= 11 is 0. The number of carbonyl (C=O) groups excluding carboxylic acids is 1. The molecule has 7 heteroatoms. The summed E-state index contributed by atoms with van der Waals surface area (Å²) in [6.45, 7) is 5.74. The molecule has 0 radical (unpaired) electrons. The summed E-state index contributed by atoms with van der Waals surface area (Å²) < 4.78 is 34.8. The summed E-state index contributed by atoms with van der Waals surface area (Å²) in [7, 11) is -3.59. The van der Waals surface area contributed by atoms with Crippen LogP contribution in [0.2, 0.25) is 0 Å². The Balaban J connectivity index is 0.000000472. The highest BCUT2D eigenvalue weighted by atomic mass is 32.2. The quantitative estimate of drug-likeness (QED) is 0.360. The first-order valence-corrected chi connectivity index (χ1v) is 11.4. The van der Waals surface area contributed by atoms with E-state index in [1.54, 1.807) is 0 Å². The number of rotatable bonds is 9. The molecular formula is C15H30O5S2. The summed E-state index contributed by atoms with van der Waals surface area (Å²) in [6, 6.07) is 0. The van der Waals surface area contributed by atoms with Gasteiger partial charge in [0, 0.05) is 12.2 Å². The molecule has 1 heterocycles. The molecule has 0 aliphatic carbocycles. The lowest BCUT2D eigenvalue weighted by Crippen LogP contribution is -2.31. The van der Waals surface area contributed by atoms with E-state index in [2.05, 4.69) is 6.92 Å². The van der Waals surface area contributed by atoms with Gasteiger partial charge in [0.2, 0.25) is 0 Å². The topological polar surface area (TPSA) is 83.5 Å². The molecule has 1 aliphatic heterocycles. The van der Waals surface area contributed by atoms with Crippen LogP contribution in [-0.4, -0.2) is 55.0 Å². The lowest BCUT2D eigenvalue weighted by Gasteiger charge is -2.13. The maximum Gasteiger partial charge on any atom is 0.181 e. The van der Waals surface area contributed by atoms with Gasteiger partial charge in [-0.3, -0.25) is 4.79 Å². The van der Waals surface area contributed by atoms with Gasteiger partial charge in [-0.1, -0.05) is 33.1 Å². The largest absolute Gasteiger partial charge is 0.748 e. The molecule has 132 valence electrons. The van der Waals surface area contributed by atoms with Crippen molar-refractivity contribution in [1.29, 1.82) is 0 Å². The van der Waals surface area contributed by atoms with Gasteiger partial charge in [-0.15, -0.1) is 0 Å². The molecular weight excluding hydrogens is 324 g/mol. The first-order chi connectivity index (χ1) is 10.4. The average molecular weight is 355 g/mol. The van der Waals surface area contributed by atoms with Gasteiger partial charge in [0.25, 0.3) is 0 Å². The molecule has 1 fully saturated rings. The van der Waals surface area contributed by atoms with E-state index in [1.165, 1.54) is 12.8 Å². The van der Waals surface area contributed by atoms with Gasteiger partial charge in [-0.25, -0.2) is 8.42 Å². The number of unbranched alkanes of at least 4 members (excludes halogenated alkanes) is 3. The SMILES string of the molecule is CCCCCC(=O)C[S+]1CCOCC1.CCCCS(=O)(=O)[O-]. The van der Waals surface area contributed by atoms with E-state index in [-0.39, 0.29) is 5.75 Å². The molecule has 0 atom stereocenters. The molecule has 0 bridgehead atoms. The van der Waals surface area contributed by atoms with E-state index >= 15 is 0 Å². The normalized spacial score (nSPS) is 16.0. The monoisotopic (exact) mass is 354 g/mol. The van der Waals surface area contributed by atoms with Crippen molar-refractivity contribution in [3.63, 3.8) is 0 Å². The number of ether oxygens (including phenoxy) is 1. The predicted molar refractivity (Wildman–Crippen MR) is 91.4 cm³/mol.